The van der Waals surface area contributed by atoms with E-state index in [0.29, 0.717) is 22.8 Å². The van der Waals surface area contributed by atoms with Gasteiger partial charge in [0.2, 0.25) is 0 Å². The molecule has 3 aromatic heterocycles. The summed E-state index contributed by atoms with van der Waals surface area (Å²) >= 11 is 0. The van der Waals surface area contributed by atoms with Crippen LogP contribution >= 0.6 is 0 Å². The predicted molar refractivity (Wildman–Crippen MR) is 146 cm³/mol. The lowest BCUT2D eigenvalue weighted by Crippen LogP contribution is -2.24. The van der Waals surface area contributed by atoms with E-state index in [2.05, 4.69) is 26.0 Å². The van der Waals surface area contributed by atoms with Crippen molar-refractivity contribution in [2.24, 2.45) is 7.05 Å². The Hall–Kier alpha value is -4.21. The van der Waals surface area contributed by atoms with E-state index in [1.807, 2.05) is 40.7 Å². The van der Waals surface area contributed by atoms with Gasteiger partial charge < -0.3 is 15.2 Å². The molecule has 0 radical (unpaired) electrons. The standard InChI is InChI=1S/C27H32FN7O2/c1-15(2)35-21-12-23(29-6)30-14-17(21)10-18(25(35)36)16-8-9-19(28)20(11-16)31-26(37)32-24-13-22(27(3,4)5)33-34(24)7/h8-15H,1-7H3,(H,29,30)(H2,31,32,37). The maximum atomic E-state index is 14.7. The van der Waals surface area contributed by atoms with Crippen molar-refractivity contribution in [1.82, 2.24) is 19.3 Å². The fourth-order valence-electron chi connectivity index (χ4n) is 4.10. The number of fused-ring (bicyclic) bond motifs is 1. The fourth-order valence-corrected chi connectivity index (χ4v) is 4.10. The van der Waals surface area contributed by atoms with E-state index < -0.39 is 11.8 Å². The Balaban J connectivity index is 1.69. The molecule has 4 aromatic rings. The first-order valence-electron chi connectivity index (χ1n) is 12.0. The Morgan fingerprint density at radius 3 is 2.43 bits per heavy atom. The molecule has 0 atom stereocenters. The average Bonchev–Trinajstić information content (AvgIpc) is 3.20. The molecule has 10 heteroatoms. The van der Waals surface area contributed by atoms with Crippen LogP contribution in [0.3, 0.4) is 0 Å². The molecule has 1 aromatic carbocycles. The molecular formula is C27H32FN7O2. The third kappa shape index (κ3) is 5.18. The zero-order chi connectivity index (χ0) is 27.1. The van der Waals surface area contributed by atoms with Gasteiger partial charge in [-0.05, 0) is 37.6 Å². The molecule has 0 fully saturated rings. The number of aromatic nitrogens is 4. The van der Waals surface area contributed by atoms with Crippen LogP contribution in [-0.2, 0) is 12.5 Å². The van der Waals surface area contributed by atoms with Gasteiger partial charge in [0.15, 0.2) is 0 Å². The molecule has 0 bridgehead atoms. The number of halogens is 1. The first-order chi connectivity index (χ1) is 17.4. The number of anilines is 3. The highest BCUT2D eigenvalue weighted by atomic mass is 19.1. The van der Waals surface area contributed by atoms with E-state index in [1.54, 1.807) is 41.7 Å². The topological polar surface area (TPSA) is 106 Å². The predicted octanol–water partition coefficient (Wildman–Crippen LogP) is 5.50. The number of benzene rings is 1. The summed E-state index contributed by atoms with van der Waals surface area (Å²) in [5.41, 5.74) is 1.95. The van der Waals surface area contributed by atoms with Gasteiger partial charge in [0, 0.05) is 54.8 Å². The van der Waals surface area contributed by atoms with Crippen LogP contribution in [0.4, 0.5) is 26.5 Å². The SMILES string of the molecule is CNc1cc2c(cn1)cc(-c1ccc(F)c(NC(=O)Nc3cc(C(C)(C)C)nn3C)c1)c(=O)n2C(C)C. The van der Waals surface area contributed by atoms with Gasteiger partial charge in [-0.25, -0.2) is 14.2 Å². The molecule has 3 N–H and O–H groups in total. The molecule has 0 spiro atoms. The van der Waals surface area contributed by atoms with Gasteiger partial charge in [0.25, 0.3) is 5.56 Å². The zero-order valence-electron chi connectivity index (χ0n) is 22.1. The van der Waals surface area contributed by atoms with E-state index in [4.69, 9.17) is 0 Å². The number of carbonyl (C=O) groups excluding carboxylic acids is 1. The Bertz CT molecular complexity index is 1550. The van der Waals surface area contributed by atoms with Crippen molar-refractivity contribution in [1.29, 1.82) is 0 Å². The van der Waals surface area contributed by atoms with Gasteiger partial charge >= 0.3 is 6.03 Å². The maximum Gasteiger partial charge on any atom is 0.324 e. The number of carbonyl (C=O) groups is 1. The Morgan fingerprint density at radius 2 is 1.81 bits per heavy atom. The smallest absolute Gasteiger partial charge is 0.324 e. The van der Waals surface area contributed by atoms with Crippen LogP contribution in [-0.4, -0.2) is 32.4 Å². The molecule has 2 amide bonds. The van der Waals surface area contributed by atoms with Crippen LogP contribution in [0.15, 0.2) is 47.4 Å². The first kappa shape index (κ1) is 25.9. The number of hydrogen-bond acceptors (Lipinski definition) is 5. The summed E-state index contributed by atoms with van der Waals surface area (Å²) in [6.45, 7) is 9.92. The van der Waals surface area contributed by atoms with E-state index in [9.17, 15) is 14.0 Å². The normalized spacial score (nSPS) is 11.7. The first-order valence-corrected chi connectivity index (χ1v) is 12.0. The third-order valence-corrected chi connectivity index (χ3v) is 6.11. The molecule has 0 saturated heterocycles. The number of aryl methyl sites for hydroxylation is 1. The van der Waals surface area contributed by atoms with Crippen molar-refractivity contribution in [3.8, 4) is 11.1 Å². The minimum Gasteiger partial charge on any atom is -0.373 e. The van der Waals surface area contributed by atoms with Crippen LogP contribution in [0.5, 0.6) is 0 Å². The molecule has 0 aliphatic carbocycles. The highest BCUT2D eigenvalue weighted by molar-refractivity contribution is 6.00. The van der Waals surface area contributed by atoms with Crippen LogP contribution in [0, 0.1) is 5.82 Å². The summed E-state index contributed by atoms with van der Waals surface area (Å²) in [6, 6.07) is 8.82. The van der Waals surface area contributed by atoms with Gasteiger partial charge in [-0.15, -0.1) is 0 Å². The minimum absolute atomic E-state index is 0.0486. The highest BCUT2D eigenvalue weighted by Gasteiger charge is 2.20. The molecule has 4 rings (SSSR count). The summed E-state index contributed by atoms with van der Waals surface area (Å²) in [6.07, 6.45) is 1.69. The van der Waals surface area contributed by atoms with E-state index in [0.717, 1.165) is 16.6 Å². The van der Waals surface area contributed by atoms with Gasteiger partial charge in [-0.2, -0.15) is 5.10 Å². The second kappa shape index (κ2) is 9.68. The summed E-state index contributed by atoms with van der Waals surface area (Å²) in [4.78, 5) is 30.6. The van der Waals surface area contributed by atoms with Crippen LogP contribution in [0.2, 0.25) is 0 Å². The molecule has 0 saturated carbocycles. The van der Waals surface area contributed by atoms with E-state index >= 15 is 0 Å². The highest BCUT2D eigenvalue weighted by Crippen LogP contribution is 2.28. The molecule has 9 nitrogen and oxygen atoms in total. The van der Waals surface area contributed by atoms with Gasteiger partial charge in [-0.1, -0.05) is 26.8 Å². The lowest BCUT2D eigenvalue weighted by atomic mass is 9.92. The van der Waals surface area contributed by atoms with Crippen molar-refractivity contribution in [2.45, 2.75) is 46.1 Å². The Kier molecular flexibility index (Phi) is 6.77. The average molecular weight is 506 g/mol. The summed E-state index contributed by atoms with van der Waals surface area (Å²) in [5.74, 6) is 0.503. The molecule has 0 aliphatic rings. The maximum absolute atomic E-state index is 14.7. The molecule has 0 unspecified atom stereocenters. The minimum atomic E-state index is -0.624. The van der Waals surface area contributed by atoms with E-state index in [-0.39, 0.29) is 22.7 Å². The molecule has 0 aliphatic heterocycles. The number of nitrogens with one attached hydrogen (secondary N) is 3. The summed E-state index contributed by atoms with van der Waals surface area (Å²) in [5, 5.41) is 13.5. The second-order valence-electron chi connectivity index (χ2n) is 10.3. The number of urea groups is 1. The van der Waals surface area contributed by atoms with Gasteiger partial charge in [0.1, 0.15) is 17.5 Å². The van der Waals surface area contributed by atoms with Crippen molar-refractivity contribution in [2.75, 3.05) is 23.0 Å². The lowest BCUT2D eigenvalue weighted by molar-refractivity contribution is 0.262. The lowest BCUT2D eigenvalue weighted by Gasteiger charge is -2.17. The number of hydrogen-bond donors (Lipinski definition) is 3. The van der Waals surface area contributed by atoms with Gasteiger partial charge in [0.05, 0.1) is 16.9 Å². The number of rotatable bonds is 5. The van der Waals surface area contributed by atoms with Crippen LogP contribution in [0.25, 0.3) is 22.0 Å². The van der Waals surface area contributed by atoms with Crippen LogP contribution < -0.4 is 21.5 Å². The fraction of sp³-hybridized carbons (Fsp3) is 0.333. The largest absolute Gasteiger partial charge is 0.373 e. The Labute approximate surface area is 214 Å². The number of amides is 2. The molecular weight excluding hydrogens is 473 g/mol. The molecule has 37 heavy (non-hydrogen) atoms. The number of pyridine rings is 2. The monoisotopic (exact) mass is 505 g/mol. The molecule has 3 heterocycles. The van der Waals surface area contributed by atoms with Gasteiger partial charge in [-0.3, -0.25) is 14.8 Å². The summed E-state index contributed by atoms with van der Waals surface area (Å²) < 4.78 is 18.0. The Morgan fingerprint density at radius 1 is 1.08 bits per heavy atom. The van der Waals surface area contributed by atoms with Crippen LogP contribution in [0.1, 0.15) is 46.4 Å². The summed E-state index contributed by atoms with van der Waals surface area (Å²) in [7, 11) is 3.49. The second-order valence-corrected chi connectivity index (χ2v) is 10.3. The number of nitrogens with zero attached hydrogens (tertiary/aromatic N) is 4. The quantitative estimate of drug-likeness (QED) is 0.332. The zero-order valence-corrected chi connectivity index (χ0v) is 22.1. The van der Waals surface area contributed by atoms with E-state index in [1.165, 1.54) is 18.2 Å². The van der Waals surface area contributed by atoms with Crippen molar-refractivity contribution in [3.63, 3.8) is 0 Å². The molecule has 194 valence electrons. The van der Waals surface area contributed by atoms with Crippen molar-refractivity contribution >= 4 is 34.3 Å². The van der Waals surface area contributed by atoms with Crippen molar-refractivity contribution in [3.05, 3.63) is 64.5 Å². The third-order valence-electron chi connectivity index (χ3n) is 6.11. The van der Waals surface area contributed by atoms with Crippen molar-refractivity contribution < 1.29 is 9.18 Å².